The van der Waals surface area contributed by atoms with Crippen LogP contribution in [0.4, 0.5) is 0 Å². The zero-order valence-corrected chi connectivity index (χ0v) is 7.49. The number of allylic oxidation sites excluding steroid dienone is 1. The molecule has 0 saturated heterocycles. The molecule has 0 fully saturated rings. The second-order valence-corrected chi connectivity index (χ2v) is 1.55. The van der Waals surface area contributed by atoms with Crippen molar-refractivity contribution in [2.45, 2.75) is 41.0 Å². The molecule has 1 nitrogen and oxygen atoms in total. The molecule has 0 aromatic rings. The van der Waals surface area contributed by atoms with E-state index in [-0.39, 0.29) is 0 Å². The van der Waals surface area contributed by atoms with Gasteiger partial charge in [0.25, 0.3) is 0 Å². The fourth-order valence-electron chi connectivity index (χ4n) is 0. The van der Waals surface area contributed by atoms with Gasteiger partial charge in [-0.25, -0.2) is 0 Å². The Kier molecular flexibility index (Phi) is 45.2. The first kappa shape index (κ1) is 15.8. The number of nitrogens with two attached hydrogens (primary N) is 1. The van der Waals surface area contributed by atoms with Crippen LogP contribution in [0.5, 0.6) is 0 Å². The molecule has 0 atom stereocenters. The van der Waals surface area contributed by atoms with Crippen molar-refractivity contribution in [3.05, 3.63) is 12.3 Å². The molecule has 0 aliphatic rings. The molecule has 0 radical (unpaired) electrons. The molecule has 0 saturated carbocycles. The lowest BCUT2D eigenvalue weighted by Crippen LogP contribution is -1.83. The molecule has 0 spiro atoms. The normalized spacial score (nSPS) is 5.44. The van der Waals surface area contributed by atoms with Gasteiger partial charge in [-0.1, -0.05) is 40.7 Å². The Balaban J connectivity index is -0.0000000646. The fraction of sp³-hybridized carbons (Fsp3) is 0.750. The first-order valence-corrected chi connectivity index (χ1v) is 3.56. The minimum Gasteiger partial charge on any atom is -0.403 e. The SMILES string of the molecule is C=C(C)N.CC.CCC. The van der Waals surface area contributed by atoms with Crippen molar-refractivity contribution in [1.29, 1.82) is 0 Å². The van der Waals surface area contributed by atoms with Crippen molar-refractivity contribution in [3.63, 3.8) is 0 Å². The van der Waals surface area contributed by atoms with Crippen LogP contribution in [0.3, 0.4) is 0 Å². The van der Waals surface area contributed by atoms with Crippen LogP contribution < -0.4 is 5.73 Å². The van der Waals surface area contributed by atoms with Crippen LogP contribution in [0.15, 0.2) is 12.3 Å². The summed E-state index contributed by atoms with van der Waals surface area (Å²) in [5.74, 6) is 0. The lowest BCUT2D eigenvalue weighted by Gasteiger charge is -1.69. The van der Waals surface area contributed by atoms with Crippen molar-refractivity contribution in [2.75, 3.05) is 0 Å². The van der Waals surface area contributed by atoms with Gasteiger partial charge in [0.15, 0.2) is 0 Å². The average Bonchev–Trinajstić information content (AvgIpc) is 1.71. The predicted octanol–water partition coefficient (Wildman–Crippen LogP) is 2.92. The fourth-order valence-corrected chi connectivity index (χ4v) is 0. The van der Waals surface area contributed by atoms with E-state index in [2.05, 4.69) is 20.4 Å². The monoisotopic (exact) mass is 131 g/mol. The molecule has 0 rings (SSSR count). The molecule has 0 aliphatic carbocycles. The Morgan fingerprint density at radius 1 is 1.33 bits per heavy atom. The molecule has 0 unspecified atom stereocenters. The van der Waals surface area contributed by atoms with Crippen LogP contribution in [0.1, 0.15) is 41.0 Å². The Labute approximate surface area is 60.0 Å². The van der Waals surface area contributed by atoms with Crippen molar-refractivity contribution < 1.29 is 0 Å². The van der Waals surface area contributed by atoms with Crippen LogP contribution in [0.25, 0.3) is 0 Å². The summed E-state index contributed by atoms with van der Waals surface area (Å²) >= 11 is 0. The van der Waals surface area contributed by atoms with Gasteiger partial charge >= 0.3 is 0 Å². The van der Waals surface area contributed by atoms with Crippen molar-refractivity contribution in [3.8, 4) is 0 Å². The Morgan fingerprint density at radius 3 is 1.33 bits per heavy atom. The Hall–Kier alpha value is -0.460. The van der Waals surface area contributed by atoms with Gasteiger partial charge in [0.1, 0.15) is 0 Å². The van der Waals surface area contributed by atoms with Gasteiger partial charge in [-0.2, -0.15) is 0 Å². The highest BCUT2D eigenvalue weighted by molar-refractivity contribution is 4.76. The summed E-state index contributed by atoms with van der Waals surface area (Å²) in [6.45, 7) is 13.3. The van der Waals surface area contributed by atoms with Crippen LogP contribution >= 0.6 is 0 Å². The molecule has 2 N–H and O–H groups in total. The van der Waals surface area contributed by atoms with E-state index in [1.54, 1.807) is 6.92 Å². The third-order valence-electron chi connectivity index (χ3n) is 0. The number of hydrogen-bond donors (Lipinski definition) is 1. The van der Waals surface area contributed by atoms with E-state index in [9.17, 15) is 0 Å². The first-order valence-electron chi connectivity index (χ1n) is 3.56. The zero-order chi connectivity index (χ0) is 8.28. The first-order chi connectivity index (χ1) is 4.15. The number of rotatable bonds is 0. The maximum absolute atomic E-state index is 4.92. The second kappa shape index (κ2) is 25.7. The molecule has 0 heterocycles. The maximum atomic E-state index is 4.92. The molecule has 1 heteroatoms. The maximum Gasteiger partial charge on any atom is -0.00242 e. The van der Waals surface area contributed by atoms with Gasteiger partial charge in [0.05, 0.1) is 0 Å². The van der Waals surface area contributed by atoms with Crippen LogP contribution in [0, 0.1) is 0 Å². The lowest BCUT2D eigenvalue weighted by atomic mass is 10.6. The van der Waals surface area contributed by atoms with Gasteiger partial charge in [-0.3, -0.25) is 0 Å². The van der Waals surface area contributed by atoms with Crippen molar-refractivity contribution >= 4 is 0 Å². The molecule has 0 amide bonds. The smallest absolute Gasteiger partial charge is 0.00242 e. The van der Waals surface area contributed by atoms with E-state index in [0.29, 0.717) is 5.70 Å². The number of hydrogen-bond acceptors (Lipinski definition) is 1. The minimum absolute atomic E-state index is 0.667. The topological polar surface area (TPSA) is 26.0 Å². The van der Waals surface area contributed by atoms with E-state index in [4.69, 9.17) is 5.73 Å². The van der Waals surface area contributed by atoms with Crippen molar-refractivity contribution in [2.24, 2.45) is 5.73 Å². The quantitative estimate of drug-likeness (QED) is 0.537. The lowest BCUT2D eigenvalue weighted by molar-refractivity contribution is 1.09. The van der Waals surface area contributed by atoms with E-state index in [0.717, 1.165) is 0 Å². The molecule has 58 valence electrons. The molecule has 0 bridgehead atoms. The van der Waals surface area contributed by atoms with Crippen LogP contribution in [-0.4, -0.2) is 0 Å². The molecule has 0 aromatic heterocycles. The summed E-state index contributed by atoms with van der Waals surface area (Å²) in [4.78, 5) is 0. The summed E-state index contributed by atoms with van der Waals surface area (Å²) in [6.07, 6.45) is 1.25. The van der Waals surface area contributed by atoms with E-state index >= 15 is 0 Å². The van der Waals surface area contributed by atoms with E-state index in [1.165, 1.54) is 6.42 Å². The summed E-state index contributed by atoms with van der Waals surface area (Å²) in [5, 5.41) is 0. The zero-order valence-electron chi connectivity index (χ0n) is 7.49. The van der Waals surface area contributed by atoms with E-state index in [1.807, 2.05) is 13.8 Å². The second-order valence-electron chi connectivity index (χ2n) is 1.55. The summed E-state index contributed by atoms with van der Waals surface area (Å²) in [5.41, 5.74) is 5.58. The minimum atomic E-state index is 0.667. The van der Waals surface area contributed by atoms with Gasteiger partial charge in [0, 0.05) is 0 Å². The standard InChI is InChI=1S/C3H7N.C3H8.C2H6/c1-3(2)4;1-3-2;1-2/h1,4H2,2H3;3H2,1-2H3;1-2H3. The predicted molar refractivity (Wildman–Crippen MR) is 46.3 cm³/mol. The highest BCUT2D eigenvalue weighted by atomic mass is 14.5. The molecule has 0 aliphatic heterocycles. The summed E-state index contributed by atoms with van der Waals surface area (Å²) in [6, 6.07) is 0. The summed E-state index contributed by atoms with van der Waals surface area (Å²) < 4.78 is 0. The van der Waals surface area contributed by atoms with Crippen LogP contribution in [-0.2, 0) is 0 Å². The third kappa shape index (κ3) is 1090. The van der Waals surface area contributed by atoms with E-state index < -0.39 is 0 Å². The van der Waals surface area contributed by atoms with Gasteiger partial charge in [0.2, 0.25) is 0 Å². The van der Waals surface area contributed by atoms with Crippen LogP contribution in [0.2, 0.25) is 0 Å². The van der Waals surface area contributed by atoms with Gasteiger partial charge in [-0.15, -0.1) is 0 Å². The largest absolute Gasteiger partial charge is 0.403 e. The Morgan fingerprint density at radius 2 is 1.33 bits per heavy atom. The highest BCUT2D eigenvalue weighted by Gasteiger charge is 1.50. The van der Waals surface area contributed by atoms with Gasteiger partial charge in [-0.05, 0) is 12.6 Å². The average molecular weight is 131 g/mol. The molecule has 0 aromatic carbocycles. The molecule has 9 heavy (non-hydrogen) atoms. The van der Waals surface area contributed by atoms with Crippen molar-refractivity contribution in [1.82, 2.24) is 0 Å². The Bertz CT molecular complexity index is 35.8. The molecular formula is C8H21N. The highest BCUT2D eigenvalue weighted by Crippen LogP contribution is 1.59. The third-order valence-corrected chi connectivity index (χ3v) is 0. The molecular weight excluding hydrogens is 110 g/mol. The summed E-state index contributed by atoms with van der Waals surface area (Å²) in [7, 11) is 0. The van der Waals surface area contributed by atoms with Gasteiger partial charge < -0.3 is 5.73 Å².